The summed E-state index contributed by atoms with van der Waals surface area (Å²) in [6, 6.07) is 15.7. The van der Waals surface area contributed by atoms with Gasteiger partial charge in [-0.05, 0) is 28.3 Å². The van der Waals surface area contributed by atoms with Crippen molar-refractivity contribution in [3.05, 3.63) is 70.8 Å². The van der Waals surface area contributed by atoms with Crippen molar-refractivity contribution in [2.45, 2.75) is 32.7 Å². The molecule has 4 rings (SSSR count). The number of rotatable bonds is 8. The summed E-state index contributed by atoms with van der Waals surface area (Å²) in [7, 11) is 0. The minimum Gasteiger partial charge on any atom is -0.476 e. The van der Waals surface area contributed by atoms with Gasteiger partial charge in [-0.3, -0.25) is 0 Å². The van der Waals surface area contributed by atoms with Gasteiger partial charge in [0.1, 0.15) is 5.82 Å². The smallest absolute Gasteiger partial charge is 0.355 e. The Morgan fingerprint density at radius 2 is 1.90 bits per heavy atom. The molecule has 9 heteroatoms. The summed E-state index contributed by atoms with van der Waals surface area (Å²) >= 11 is 6.23. The molecular weight excluding hydrogens is 416 g/mol. The van der Waals surface area contributed by atoms with Gasteiger partial charge in [-0.25, -0.2) is 9.78 Å². The molecule has 0 saturated heterocycles. The van der Waals surface area contributed by atoms with Crippen LogP contribution in [-0.4, -0.2) is 41.3 Å². The standard InChI is InChI=1S/C22H21ClN6O2/c1-2-3-12-18-24-20(23)19(22(30)31)29(18)13-17-15(14-8-5-4-6-9-14)10-7-11-16(17)21-25-27-28-26-21/h4-11H,2-3,12-13H2,1H3,(H,30,31)(H,25,26,27,28). The molecule has 0 aliphatic carbocycles. The molecule has 0 aliphatic heterocycles. The Labute approximate surface area is 183 Å². The van der Waals surface area contributed by atoms with E-state index in [0.717, 1.165) is 35.1 Å². The molecule has 0 spiro atoms. The van der Waals surface area contributed by atoms with Crippen LogP contribution < -0.4 is 0 Å². The first-order valence-electron chi connectivity index (χ1n) is 9.99. The highest BCUT2D eigenvalue weighted by Crippen LogP contribution is 2.33. The van der Waals surface area contributed by atoms with E-state index in [9.17, 15) is 9.90 Å². The molecule has 4 aromatic rings. The van der Waals surface area contributed by atoms with Crippen molar-refractivity contribution in [3.63, 3.8) is 0 Å². The predicted octanol–water partition coefficient (Wildman–Crippen LogP) is 4.47. The SMILES string of the molecule is CCCCc1nc(Cl)c(C(=O)O)n1Cc1c(-c2ccccc2)cccc1-c1nn[nH]n1. The van der Waals surface area contributed by atoms with Crippen molar-refractivity contribution in [2.75, 3.05) is 0 Å². The lowest BCUT2D eigenvalue weighted by molar-refractivity contribution is 0.0685. The molecule has 0 bridgehead atoms. The number of aryl methyl sites for hydroxylation is 1. The Kier molecular flexibility index (Phi) is 6.08. The van der Waals surface area contributed by atoms with Crippen molar-refractivity contribution in [1.82, 2.24) is 30.2 Å². The fourth-order valence-electron chi connectivity index (χ4n) is 3.66. The van der Waals surface area contributed by atoms with Gasteiger partial charge < -0.3 is 9.67 Å². The van der Waals surface area contributed by atoms with Gasteiger partial charge in [0.25, 0.3) is 0 Å². The van der Waals surface area contributed by atoms with E-state index in [1.165, 1.54) is 0 Å². The average molecular weight is 437 g/mol. The summed E-state index contributed by atoms with van der Waals surface area (Å²) in [5, 5.41) is 24.3. The van der Waals surface area contributed by atoms with Crippen LogP contribution in [0.15, 0.2) is 48.5 Å². The highest BCUT2D eigenvalue weighted by atomic mass is 35.5. The molecule has 8 nitrogen and oxygen atoms in total. The Morgan fingerprint density at radius 1 is 1.13 bits per heavy atom. The van der Waals surface area contributed by atoms with Crippen molar-refractivity contribution >= 4 is 17.6 Å². The number of carbonyl (C=O) groups is 1. The molecule has 2 heterocycles. The van der Waals surface area contributed by atoms with Crippen molar-refractivity contribution in [2.24, 2.45) is 0 Å². The number of benzene rings is 2. The number of nitrogens with one attached hydrogen (secondary N) is 1. The average Bonchev–Trinajstić information content (AvgIpc) is 3.41. The lowest BCUT2D eigenvalue weighted by Gasteiger charge is -2.17. The molecule has 0 aliphatic rings. The topological polar surface area (TPSA) is 110 Å². The summed E-state index contributed by atoms with van der Waals surface area (Å²) in [6.07, 6.45) is 2.47. The highest BCUT2D eigenvalue weighted by Gasteiger charge is 2.24. The number of nitrogens with zero attached hydrogens (tertiary/aromatic N) is 5. The van der Waals surface area contributed by atoms with E-state index in [2.05, 4.69) is 32.5 Å². The maximum Gasteiger partial charge on any atom is 0.355 e. The third kappa shape index (κ3) is 4.20. The van der Waals surface area contributed by atoms with Crippen molar-refractivity contribution < 1.29 is 9.90 Å². The number of aromatic carboxylic acids is 1. The molecule has 0 fully saturated rings. The van der Waals surface area contributed by atoms with Gasteiger partial charge in [-0.1, -0.05) is 73.5 Å². The third-order valence-electron chi connectivity index (χ3n) is 5.12. The van der Waals surface area contributed by atoms with Crippen molar-refractivity contribution in [1.29, 1.82) is 0 Å². The first-order valence-corrected chi connectivity index (χ1v) is 10.4. The van der Waals surface area contributed by atoms with Crippen LogP contribution in [0.3, 0.4) is 0 Å². The summed E-state index contributed by atoms with van der Waals surface area (Å²) in [6.45, 7) is 2.33. The predicted molar refractivity (Wildman–Crippen MR) is 117 cm³/mol. The summed E-state index contributed by atoms with van der Waals surface area (Å²) in [4.78, 5) is 16.4. The maximum atomic E-state index is 12.0. The normalized spacial score (nSPS) is 11.0. The van der Waals surface area contributed by atoms with Crippen LogP contribution in [0.25, 0.3) is 22.5 Å². The van der Waals surface area contributed by atoms with Crippen LogP contribution in [-0.2, 0) is 13.0 Å². The van der Waals surface area contributed by atoms with Crippen LogP contribution in [0.1, 0.15) is 41.6 Å². The Balaban J connectivity index is 1.92. The second kappa shape index (κ2) is 9.09. The molecule has 31 heavy (non-hydrogen) atoms. The van der Waals surface area contributed by atoms with Gasteiger partial charge in [0.15, 0.2) is 10.8 Å². The third-order valence-corrected chi connectivity index (χ3v) is 5.39. The lowest BCUT2D eigenvalue weighted by Crippen LogP contribution is -2.14. The molecule has 2 aromatic carbocycles. The van der Waals surface area contributed by atoms with Gasteiger partial charge in [0.2, 0.25) is 5.82 Å². The number of halogens is 1. The largest absolute Gasteiger partial charge is 0.476 e. The second-order valence-corrected chi connectivity index (χ2v) is 7.45. The van der Waals surface area contributed by atoms with Crippen LogP contribution in [0.4, 0.5) is 0 Å². The molecule has 0 unspecified atom stereocenters. The van der Waals surface area contributed by atoms with Crippen LogP contribution in [0.5, 0.6) is 0 Å². The second-order valence-electron chi connectivity index (χ2n) is 7.10. The van der Waals surface area contributed by atoms with Gasteiger partial charge in [-0.15, -0.1) is 10.2 Å². The maximum absolute atomic E-state index is 12.0. The number of unbranched alkanes of at least 4 members (excludes halogenated alkanes) is 1. The van der Waals surface area contributed by atoms with E-state index < -0.39 is 5.97 Å². The van der Waals surface area contributed by atoms with Gasteiger partial charge >= 0.3 is 5.97 Å². The highest BCUT2D eigenvalue weighted by molar-refractivity contribution is 6.32. The number of imidazole rings is 1. The quantitative estimate of drug-likeness (QED) is 0.421. The van der Waals surface area contributed by atoms with E-state index >= 15 is 0 Å². The monoisotopic (exact) mass is 436 g/mol. The van der Waals surface area contributed by atoms with E-state index in [4.69, 9.17) is 11.6 Å². The zero-order valence-electron chi connectivity index (χ0n) is 16.9. The minimum absolute atomic E-state index is 0.00286. The van der Waals surface area contributed by atoms with Gasteiger partial charge in [0, 0.05) is 12.0 Å². The number of carboxylic acid groups (broad SMARTS) is 1. The zero-order chi connectivity index (χ0) is 21.8. The molecule has 0 amide bonds. The number of hydrogen-bond donors (Lipinski definition) is 2. The Morgan fingerprint density at radius 3 is 2.58 bits per heavy atom. The molecular formula is C22H21ClN6O2. The molecule has 2 N–H and O–H groups in total. The van der Waals surface area contributed by atoms with Crippen LogP contribution >= 0.6 is 11.6 Å². The Hall–Kier alpha value is -3.52. The molecule has 0 radical (unpaired) electrons. The summed E-state index contributed by atoms with van der Waals surface area (Å²) in [5.74, 6) is -0.0318. The number of tetrazole rings is 1. The zero-order valence-corrected chi connectivity index (χ0v) is 17.7. The molecule has 0 saturated carbocycles. The first-order chi connectivity index (χ1) is 15.1. The Bertz CT molecular complexity index is 1190. The molecule has 2 aromatic heterocycles. The van der Waals surface area contributed by atoms with Gasteiger partial charge in [0.05, 0.1) is 6.54 Å². The van der Waals surface area contributed by atoms with E-state index in [0.29, 0.717) is 18.1 Å². The van der Waals surface area contributed by atoms with Crippen molar-refractivity contribution in [3.8, 4) is 22.5 Å². The van der Waals surface area contributed by atoms with Gasteiger partial charge in [-0.2, -0.15) is 5.21 Å². The lowest BCUT2D eigenvalue weighted by atomic mass is 9.94. The fraction of sp³-hybridized carbons (Fsp3) is 0.227. The molecule has 0 atom stereocenters. The number of aromatic amines is 1. The van der Waals surface area contributed by atoms with E-state index in [1.807, 2.05) is 48.5 Å². The number of H-pyrrole nitrogens is 1. The number of aromatic nitrogens is 6. The number of carboxylic acids is 1. The summed E-state index contributed by atoms with van der Waals surface area (Å²) in [5.41, 5.74) is 3.56. The fourth-order valence-corrected chi connectivity index (χ4v) is 3.94. The first kappa shape index (κ1) is 20.7. The van der Waals surface area contributed by atoms with E-state index in [-0.39, 0.29) is 17.4 Å². The van der Waals surface area contributed by atoms with E-state index in [1.54, 1.807) is 4.57 Å². The molecule has 158 valence electrons. The minimum atomic E-state index is -1.11. The van der Waals surface area contributed by atoms with Crippen LogP contribution in [0, 0.1) is 0 Å². The summed E-state index contributed by atoms with van der Waals surface area (Å²) < 4.78 is 1.69. The number of hydrogen-bond acceptors (Lipinski definition) is 5. The van der Waals surface area contributed by atoms with Crippen LogP contribution in [0.2, 0.25) is 5.15 Å².